The summed E-state index contributed by atoms with van der Waals surface area (Å²) >= 11 is 0. The van der Waals surface area contributed by atoms with E-state index in [4.69, 9.17) is 0 Å². The van der Waals surface area contributed by atoms with E-state index in [1.54, 1.807) is 0 Å². The van der Waals surface area contributed by atoms with Crippen LogP contribution in [0.2, 0.25) is 0 Å². The molecule has 0 spiro atoms. The number of hydrogen-bond acceptors (Lipinski definition) is 2. The van der Waals surface area contributed by atoms with E-state index in [0.717, 1.165) is 44.8 Å². The first-order valence-electron chi connectivity index (χ1n) is 8.44. The van der Waals surface area contributed by atoms with Crippen molar-refractivity contribution in [2.24, 2.45) is 17.3 Å². The van der Waals surface area contributed by atoms with E-state index in [9.17, 15) is 4.79 Å². The second kappa shape index (κ2) is 6.46. The van der Waals surface area contributed by atoms with Crippen LogP contribution in [-0.4, -0.2) is 36.5 Å². The van der Waals surface area contributed by atoms with Gasteiger partial charge >= 0.3 is 0 Å². The van der Waals surface area contributed by atoms with Crippen molar-refractivity contribution in [3.63, 3.8) is 0 Å². The summed E-state index contributed by atoms with van der Waals surface area (Å²) in [6.45, 7) is 12.1. The average molecular weight is 280 g/mol. The molecule has 0 atom stereocenters. The van der Waals surface area contributed by atoms with Crippen molar-refractivity contribution in [2.75, 3.05) is 19.6 Å². The Labute approximate surface area is 124 Å². The van der Waals surface area contributed by atoms with Crippen molar-refractivity contribution < 1.29 is 4.79 Å². The maximum atomic E-state index is 12.8. The van der Waals surface area contributed by atoms with Gasteiger partial charge in [-0.25, -0.2) is 0 Å². The van der Waals surface area contributed by atoms with Gasteiger partial charge in [0.05, 0.1) is 6.04 Å². The Kier molecular flexibility index (Phi) is 5.11. The Morgan fingerprint density at radius 2 is 1.75 bits per heavy atom. The Balaban J connectivity index is 1.89. The van der Waals surface area contributed by atoms with E-state index in [2.05, 4.69) is 37.9 Å². The highest BCUT2D eigenvalue weighted by Gasteiger charge is 2.36. The van der Waals surface area contributed by atoms with Crippen LogP contribution in [0.3, 0.4) is 0 Å². The molecule has 0 aromatic carbocycles. The number of rotatable bonds is 4. The van der Waals surface area contributed by atoms with Gasteiger partial charge in [-0.2, -0.15) is 0 Å². The van der Waals surface area contributed by atoms with E-state index in [1.165, 1.54) is 12.8 Å². The molecule has 0 aromatic rings. The summed E-state index contributed by atoms with van der Waals surface area (Å²) in [5.41, 5.74) is 0.398. The fraction of sp³-hybridized carbons (Fsp3) is 0.941. The monoisotopic (exact) mass is 280 g/mol. The predicted molar refractivity (Wildman–Crippen MR) is 83.6 cm³/mol. The van der Waals surface area contributed by atoms with Crippen molar-refractivity contribution in [1.82, 2.24) is 10.2 Å². The first-order chi connectivity index (χ1) is 9.43. The molecule has 116 valence electrons. The zero-order valence-corrected chi connectivity index (χ0v) is 13.7. The van der Waals surface area contributed by atoms with Crippen molar-refractivity contribution in [1.29, 1.82) is 0 Å². The topological polar surface area (TPSA) is 32.3 Å². The van der Waals surface area contributed by atoms with Gasteiger partial charge < -0.3 is 10.2 Å². The standard InChI is InChI=1S/C17H32N2O/c1-5-10-19(15-11-18-12-15)16(20)13-6-8-14(9-7-13)17(2,3)4/h13-15,18H,5-12H2,1-4H3. The first-order valence-corrected chi connectivity index (χ1v) is 8.44. The fourth-order valence-corrected chi connectivity index (χ4v) is 3.65. The number of carbonyl (C=O) groups is 1. The quantitative estimate of drug-likeness (QED) is 0.858. The average Bonchev–Trinajstić information content (AvgIpc) is 2.34. The Hall–Kier alpha value is -0.570. The molecule has 2 rings (SSSR count). The number of carbonyl (C=O) groups excluding carboxylic acids is 1. The zero-order valence-electron chi connectivity index (χ0n) is 13.7. The van der Waals surface area contributed by atoms with Gasteiger partial charge in [-0.1, -0.05) is 27.7 Å². The van der Waals surface area contributed by atoms with Crippen LogP contribution in [0.5, 0.6) is 0 Å². The van der Waals surface area contributed by atoms with Gasteiger partial charge in [0.2, 0.25) is 5.91 Å². The molecule has 20 heavy (non-hydrogen) atoms. The van der Waals surface area contributed by atoms with Crippen molar-refractivity contribution in [2.45, 2.75) is 65.8 Å². The largest absolute Gasteiger partial charge is 0.337 e. The van der Waals surface area contributed by atoms with Crippen LogP contribution in [0, 0.1) is 17.3 Å². The summed E-state index contributed by atoms with van der Waals surface area (Å²) in [5.74, 6) is 1.52. The van der Waals surface area contributed by atoms with Crippen molar-refractivity contribution in [3.05, 3.63) is 0 Å². The van der Waals surface area contributed by atoms with E-state index in [0.29, 0.717) is 23.3 Å². The minimum absolute atomic E-state index is 0.292. The summed E-state index contributed by atoms with van der Waals surface area (Å²) in [6, 6.07) is 0.461. The third-order valence-corrected chi connectivity index (χ3v) is 5.25. The molecule has 1 saturated heterocycles. The highest BCUT2D eigenvalue weighted by molar-refractivity contribution is 5.79. The molecule has 1 N–H and O–H groups in total. The lowest BCUT2D eigenvalue weighted by molar-refractivity contribution is -0.140. The van der Waals surface area contributed by atoms with Gasteiger partial charge in [0, 0.05) is 25.6 Å². The van der Waals surface area contributed by atoms with Crippen LogP contribution >= 0.6 is 0 Å². The molecule has 1 aliphatic heterocycles. The van der Waals surface area contributed by atoms with Gasteiger partial charge in [-0.15, -0.1) is 0 Å². The molecular formula is C17H32N2O. The van der Waals surface area contributed by atoms with Gasteiger partial charge in [0.1, 0.15) is 0 Å². The summed E-state index contributed by atoms with van der Waals surface area (Å²) < 4.78 is 0. The third-order valence-electron chi connectivity index (χ3n) is 5.25. The maximum absolute atomic E-state index is 12.8. The van der Waals surface area contributed by atoms with Crippen molar-refractivity contribution >= 4 is 5.91 Å². The molecule has 1 heterocycles. The number of nitrogens with one attached hydrogen (secondary N) is 1. The molecule has 3 heteroatoms. The molecule has 2 aliphatic rings. The Bertz CT molecular complexity index is 322. The lowest BCUT2D eigenvalue weighted by Gasteiger charge is -2.42. The highest BCUT2D eigenvalue weighted by atomic mass is 16.2. The lowest BCUT2D eigenvalue weighted by Crippen LogP contribution is -2.60. The van der Waals surface area contributed by atoms with Gasteiger partial charge in [-0.05, 0) is 43.4 Å². The van der Waals surface area contributed by atoms with Crippen LogP contribution in [0.15, 0.2) is 0 Å². The molecule has 3 nitrogen and oxygen atoms in total. The predicted octanol–water partition coefficient (Wildman–Crippen LogP) is 3.05. The maximum Gasteiger partial charge on any atom is 0.226 e. The normalized spacial score (nSPS) is 28.0. The second-order valence-corrected chi connectivity index (χ2v) is 7.76. The zero-order chi connectivity index (χ0) is 14.8. The molecule has 1 aliphatic carbocycles. The minimum Gasteiger partial charge on any atom is -0.337 e. The molecule has 2 fully saturated rings. The van der Waals surface area contributed by atoms with Crippen molar-refractivity contribution in [3.8, 4) is 0 Å². The third kappa shape index (κ3) is 3.55. The van der Waals surface area contributed by atoms with Crippen LogP contribution in [0.4, 0.5) is 0 Å². The van der Waals surface area contributed by atoms with Crippen LogP contribution < -0.4 is 5.32 Å². The summed E-state index contributed by atoms with van der Waals surface area (Å²) in [6.07, 6.45) is 5.72. The second-order valence-electron chi connectivity index (χ2n) is 7.76. The molecule has 0 unspecified atom stereocenters. The van der Waals surface area contributed by atoms with Gasteiger partial charge in [0.15, 0.2) is 0 Å². The fourth-order valence-electron chi connectivity index (χ4n) is 3.65. The minimum atomic E-state index is 0.292. The molecule has 1 amide bonds. The summed E-state index contributed by atoms with van der Waals surface area (Å²) in [7, 11) is 0. The molecular weight excluding hydrogens is 248 g/mol. The van der Waals surface area contributed by atoms with E-state index < -0.39 is 0 Å². The van der Waals surface area contributed by atoms with Gasteiger partial charge in [-0.3, -0.25) is 4.79 Å². The molecule has 0 aromatic heterocycles. The molecule has 0 bridgehead atoms. The highest BCUT2D eigenvalue weighted by Crippen LogP contribution is 2.40. The number of hydrogen-bond donors (Lipinski definition) is 1. The number of amides is 1. The number of nitrogens with zero attached hydrogens (tertiary/aromatic N) is 1. The lowest BCUT2D eigenvalue weighted by atomic mass is 9.69. The SMILES string of the molecule is CCCN(C(=O)C1CCC(C(C)(C)C)CC1)C1CNC1. The van der Waals surface area contributed by atoms with E-state index >= 15 is 0 Å². The molecule has 0 radical (unpaired) electrons. The van der Waals surface area contributed by atoms with Crippen LogP contribution in [-0.2, 0) is 4.79 Å². The Morgan fingerprint density at radius 1 is 1.15 bits per heavy atom. The van der Waals surface area contributed by atoms with E-state index in [1.807, 2.05) is 0 Å². The molecule has 1 saturated carbocycles. The van der Waals surface area contributed by atoms with Gasteiger partial charge in [0.25, 0.3) is 0 Å². The summed E-state index contributed by atoms with van der Waals surface area (Å²) in [5, 5.41) is 3.29. The van der Waals surface area contributed by atoms with E-state index in [-0.39, 0.29) is 0 Å². The first kappa shape index (κ1) is 15.8. The smallest absolute Gasteiger partial charge is 0.226 e. The Morgan fingerprint density at radius 3 is 2.15 bits per heavy atom. The summed E-state index contributed by atoms with van der Waals surface area (Å²) in [4.78, 5) is 14.9. The van der Waals surface area contributed by atoms with Crippen LogP contribution in [0.1, 0.15) is 59.8 Å². The van der Waals surface area contributed by atoms with Crippen LogP contribution in [0.25, 0.3) is 0 Å².